The summed E-state index contributed by atoms with van der Waals surface area (Å²) in [5.41, 5.74) is 2.29. The molecule has 0 saturated heterocycles. The number of aryl methyl sites for hydroxylation is 1. The van der Waals surface area contributed by atoms with Gasteiger partial charge in [0.25, 0.3) is 5.91 Å². The summed E-state index contributed by atoms with van der Waals surface area (Å²) in [6.45, 7) is 1.76. The Balaban J connectivity index is 1.86. The number of carbonyl (C=O) groups excluding carboxylic acids is 1. The van der Waals surface area contributed by atoms with Crippen LogP contribution in [0.1, 0.15) is 16.2 Å². The normalized spacial score (nSPS) is 10.8. The van der Waals surface area contributed by atoms with Crippen molar-refractivity contribution >= 4 is 38.6 Å². The molecule has 0 aliphatic rings. The van der Waals surface area contributed by atoms with Gasteiger partial charge < -0.3 is 9.73 Å². The minimum Gasteiger partial charge on any atom is -0.441 e. The van der Waals surface area contributed by atoms with Crippen molar-refractivity contribution in [3.8, 4) is 0 Å². The van der Waals surface area contributed by atoms with Gasteiger partial charge in [0.15, 0.2) is 11.5 Å². The van der Waals surface area contributed by atoms with Gasteiger partial charge in [-0.25, -0.2) is 9.37 Å². The monoisotopic (exact) mass is 348 g/mol. The number of aromatic nitrogens is 1. The second kappa shape index (κ2) is 5.29. The van der Waals surface area contributed by atoms with Crippen molar-refractivity contribution in [2.24, 2.45) is 0 Å². The Morgan fingerprint density at radius 1 is 1.29 bits per heavy atom. The van der Waals surface area contributed by atoms with Crippen LogP contribution in [0.4, 0.5) is 10.1 Å². The highest BCUT2D eigenvalue weighted by Gasteiger charge is 2.10. The van der Waals surface area contributed by atoms with E-state index >= 15 is 0 Å². The predicted molar refractivity (Wildman–Crippen MR) is 80.8 cm³/mol. The fraction of sp³-hybridized carbons (Fsp3) is 0.0667. The van der Waals surface area contributed by atoms with Gasteiger partial charge >= 0.3 is 0 Å². The molecule has 0 saturated carbocycles. The molecule has 0 spiro atoms. The molecule has 0 bridgehead atoms. The zero-order valence-corrected chi connectivity index (χ0v) is 12.6. The number of hydrogen-bond donors (Lipinski definition) is 1. The molecule has 0 aliphatic heterocycles. The largest absolute Gasteiger partial charge is 0.441 e. The average molecular weight is 349 g/mol. The van der Waals surface area contributed by atoms with Gasteiger partial charge in [0.2, 0.25) is 0 Å². The maximum Gasteiger partial charge on any atom is 0.255 e. The minimum atomic E-state index is -0.411. The third-order valence-corrected chi connectivity index (χ3v) is 3.54. The number of amides is 1. The van der Waals surface area contributed by atoms with Crippen molar-refractivity contribution < 1.29 is 13.6 Å². The van der Waals surface area contributed by atoms with Crippen molar-refractivity contribution in [3.63, 3.8) is 0 Å². The Morgan fingerprint density at radius 3 is 2.86 bits per heavy atom. The number of halogens is 2. The Morgan fingerprint density at radius 2 is 2.10 bits per heavy atom. The summed E-state index contributed by atoms with van der Waals surface area (Å²) in [6.07, 6.45) is 0. The first-order chi connectivity index (χ1) is 10.0. The lowest BCUT2D eigenvalue weighted by Gasteiger charge is -2.05. The molecule has 0 aliphatic carbocycles. The van der Waals surface area contributed by atoms with Crippen LogP contribution in [0, 0.1) is 12.7 Å². The molecule has 1 amide bonds. The van der Waals surface area contributed by atoms with Crippen LogP contribution in [0.25, 0.3) is 11.1 Å². The number of fused-ring (bicyclic) bond motifs is 1. The lowest BCUT2D eigenvalue weighted by atomic mass is 10.2. The SMILES string of the molecule is Cc1nc2cc(NC(=O)c3ccc(F)c(Br)c3)ccc2o1. The zero-order valence-electron chi connectivity index (χ0n) is 11.0. The Hall–Kier alpha value is -2.21. The van der Waals surface area contributed by atoms with E-state index in [1.807, 2.05) is 0 Å². The van der Waals surface area contributed by atoms with Crippen LogP contribution < -0.4 is 5.32 Å². The zero-order chi connectivity index (χ0) is 15.0. The summed E-state index contributed by atoms with van der Waals surface area (Å²) < 4.78 is 18.8. The van der Waals surface area contributed by atoms with Gasteiger partial charge in [-0.1, -0.05) is 0 Å². The number of hydrogen-bond acceptors (Lipinski definition) is 3. The van der Waals surface area contributed by atoms with Crippen LogP contribution in [0.15, 0.2) is 45.3 Å². The summed E-state index contributed by atoms with van der Waals surface area (Å²) >= 11 is 3.06. The predicted octanol–water partition coefficient (Wildman–Crippen LogP) is 4.29. The molecule has 21 heavy (non-hydrogen) atoms. The van der Waals surface area contributed by atoms with Crippen LogP contribution in [-0.2, 0) is 0 Å². The van der Waals surface area contributed by atoms with Crippen LogP contribution in [0.2, 0.25) is 0 Å². The number of anilines is 1. The summed E-state index contributed by atoms with van der Waals surface area (Å²) in [4.78, 5) is 16.3. The van der Waals surface area contributed by atoms with E-state index in [-0.39, 0.29) is 10.4 Å². The number of rotatable bonds is 2. The van der Waals surface area contributed by atoms with Gasteiger partial charge in [-0.2, -0.15) is 0 Å². The van der Waals surface area contributed by atoms with Crippen LogP contribution in [0.3, 0.4) is 0 Å². The molecule has 3 aromatic rings. The summed E-state index contributed by atoms with van der Waals surface area (Å²) in [5, 5.41) is 2.74. The molecule has 0 fully saturated rings. The Labute approximate surface area is 128 Å². The van der Waals surface area contributed by atoms with E-state index in [2.05, 4.69) is 26.2 Å². The van der Waals surface area contributed by atoms with E-state index in [1.54, 1.807) is 25.1 Å². The van der Waals surface area contributed by atoms with E-state index in [0.717, 1.165) is 0 Å². The fourth-order valence-corrected chi connectivity index (χ4v) is 2.34. The maximum atomic E-state index is 13.2. The molecule has 0 atom stereocenters. The summed E-state index contributed by atoms with van der Waals surface area (Å²) in [6, 6.07) is 9.29. The highest BCUT2D eigenvalue weighted by Crippen LogP contribution is 2.21. The molecule has 0 unspecified atom stereocenters. The van der Waals surface area contributed by atoms with Gasteiger partial charge in [-0.15, -0.1) is 0 Å². The molecule has 6 heteroatoms. The molecule has 1 heterocycles. The minimum absolute atomic E-state index is 0.248. The van der Waals surface area contributed by atoms with E-state index in [1.165, 1.54) is 18.2 Å². The average Bonchev–Trinajstić information content (AvgIpc) is 2.81. The first-order valence-corrected chi connectivity index (χ1v) is 6.96. The third-order valence-electron chi connectivity index (χ3n) is 2.93. The number of benzene rings is 2. The molecule has 1 N–H and O–H groups in total. The van der Waals surface area contributed by atoms with Crippen molar-refractivity contribution in [1.29, 1.82) is 0 Å². The highest BCUT2D eigenvalue weighted by atomic mass is 79.9. The summed E-state index contributed by atoms with van der Waals surface area (Å²) in [7, 11) is 0. The number of oxazole rings is 1. The van der Waals surface area contributed by atoms with E-state index < -0.39 is 5.82 Å². The van der Waals surface area contributed by atoms with E-state index in [0.29, 0.717) is 28.2 Å². The van der Waals surface area contributed by atoms with Crippen LogP contribution >= 0.6 is 15.9 Å². The highest BCUT2D eigenvalue weighted by molar-refractivity contribution is 9.10. The van der Waals surface area contributed by atoms with Crippen LogP contribution in [-0.4, -0.2) is 10.9 Å². The standard InChI is InChI=1S/C15H10BrFN2O2/c1-8-18-13-7-10(3-5-14(13)21-8)19-15(20)9-2-4-12(17)11(16)6-9/h2-7H,1H3,(H,19,20). The summed E-state index contributed by atoms with van der Waals surface area (Å²) in [5.74, 6) is -0.169. The van der Waals surface area contributed by atoms with Gasteiger partial charge in [-0.3, -0.25) is 4.79 Å². The quantitative estimate of drug-likeness (QED) is 0.751. The van der Waals surface area contributed by atoms with Crippen molar-refractivity contribution in [2.75, 3.05) is 5.32 Å². The first-order valence-electron chi connectivity index (χ1n) is 6.16. The molecular weight excluding hydrogens is 339 g/mol. The van der Waals surface area contributed by atoms with Gasteiger partial charge in [0.1, 0.15) is 11.3 Å². The van der Waals surface area contributed by atoms with Crippen molar-refractivity contribution in [3.05, 3.63) is 58.1 Å². The molecule has 2 aromatic carbocycles. The van der Waals surface area contributed by atoms with Gasteiger partial charge in [-0.05, 0) is 52.3 Å². The molecular formula is C15H10BrFN2O2. The van der Waals surface area contributed by atoms with Crippen LogP contribution in [0.5, 0.6) is 0 Å². The lowest BCUT2D eigenvalue weighted by molar-refractivity contribution is 0.102. The van der Waals surface area contributed by atoms with E-state index in [4.69, 9.17) is 4.42 Å². The molecule has 0 radical (unpaired) electrons. The van der Waals surface area contributed by atoms with Crippen molar-refractivity contribution in [2.45, 2.75) is 6.92 Å². The second-order valence-electron chi connectivity index (χ2n) is 4.50. The lowest BCUT2D eigenvalue weighted by Crippen LogP contribution is -2.11. The molecule has 3 rings (SSSR count). The molecule has 106 valence electrons. The molecule has 4 nitrogen and oxygen atoms in total. The second-order valence-corrected chi connectivity index (χ2v) is 5.35. The maximum absolute atomic E-state index is 13.2. The Kier molecular flexibility index (Phi) is 3.47. The topological polar surface area (TPSA) is 55.1 Å². The van der Waals surface area contributed by atoms with Gasteiger partial charge in [0.05, 0.1) is 4.47 Å². The van der Waals surface area contributed by atoms with Gasteiger partial charge in [0, 0.05) is 18.2 Å². The fourth-order valence-electron chi connectivity index (χ4n) is 1.96. The number of nitrogens with one attached hydrogen (secondary N) is 1. The Bertz CT molecular complexity index is 845. The first kappa shape index (κ1) is 13.8. The third kappa shape index (κ3) is 2.80. The molecule has 1 aromatic heterocycles. The van der Waals surface area contributed by atoms with E-state index in [9.17, 15) is 9.18 Å². The number of nitrogens with zero attached hydrogens (tertiary/aromatic N) is 1. The smallest absolute Gasteiger partial charge is 0.255 e. The van der Waals surface area contributed by atoms with Crippen molar-refractivity contribution in [1.82, 2.24) is 4.98 Å². The number of carbonyl (C=O) groups is 1.